The van der Waals surface area contributed by atoms with Gasteiger partial charge in [-0.05, 0) is 38.5 Å². The molecule has 18 heavy (non-hydrogen) atoms. The number of amides is 2. The van der Waals surface area contributed by atoms with Gasteiger partial charge in [0.2, 0.25) is 0 Å². The van der Waals surface area contributed by atoms with Crippen molar-refractivity contribution in [2.75, 3.05) is 20.1 Å². The largest absolute Gasteiger partial charge is 0.480 e. The summed E-state index contributed by atoms with van der Waals surface area (Å²) in [5, 5.41) is 8.78. The molecule has 5 heteroatoms. The molecule has 0 heterocycles. The Morgan fingerprint density at radius 3 is 2.22 bits per heavy atom. The third-order valence-corrected chi connectivity index (χ3v) is 3.81. The molecule has 1 aliphatic rings. The Bertz CT molecular complexity index is 299. The Morgan fingerprint density at radius 1 is 1.22 bits per heavy atom. The number of hydrogen-bond donors (Lipinski definition) is 1. The molecule has 0 radical (unpaired) electrons. The number of carbonyl (C=O) groups excluding carboxylic acids is 1. The number of aliphatic carboxylic acids is 1. The highest BCUT2D eigenvalue weighted by Gasteiger charge is 2.27. The number of carboxylic acid groups (broad SMARTS) is 1. The lowest BCUT2D eigenvalue weighted by Crippen LogP contribution is -2.48. The fourth-order valence-corrected chi connectivity index (χ4v) is 2.49. The lowest BCUT2D eigenvalue weighted by Gasteiger charge is -2.36. The second kappa shape index (κ2) is 6.61. The Hall–Kier alpha value is -1.26. The van der Waals surface area contributed by atoms with Crippen molar-refractivity contribution in [1.29, 1.82) is 0 Å². The molecule has 0 spiro atoms. The summed E-state index contributed by atoms with van der Waals surface area (Å²) in [4.78, 5) is 26.0. The number of carbonyl (C=O) groups is 2. The van der Waals surface area contributed by atoms with Crippen molar-refractivity contribution in [2.24, 2.45) is 5.92 Å². The number of hydrogen-bond acceptors (Lipinski definition) is 2. The number of urea groups is 1. The zero-order valence-corrected chi connectivity index (χ0v) is 11.6. The van der Waals surface area contributed by atoms with Gasteiger partial charge in [-0.1, -0.05) is 6.92 Å². The first-order valence-corrected chi connectivity index (χ1v) is 6.69. The second-order valence-corrected chi connectivity index (χ2v) is 5.22. The van der Waals surface area contributed by atoms with E-state index < -0.39 is 5.97 Å². The highest BCUT2D eigenvalue weighted by atomic mass is 16.4. The van der Waals surface area contributed by atoms with Gasteiger partial charge in [0.05, 0.1) is 0 Å². The Labute approximate surface area is 109 Å². The molecule has 0 aliphatic heterocycles. The van der Waals surface area contributed by atoms with E-state index in [0.29, 0.717) is 6.54 Å². The minimum absolute atomic E-state index is 0.167. The van der Waals surface area contributed by atoms with Crippen LogP contribution < -0.4 is 0 Å². The topological polar surface area (TPSA) is 60.9 Å². The Morgan fingerprint density at radius 2 is 1.78 bits per heavy atom. The molecular formula is C13H24N2O3. The smallest absolute Gasteiger partial charge is 0.323 e. The molecule has 0 saturated heterocycles. The molecule has 2 amide bonds. The first-order valence-electron chi connectivity index (χ1n) is 6.69. The van der Waals surface area contributed by atoms with Crippen LogP contribution in [0.1, 0.15) is 39.5 Å². The molecule has 1 aliphatic carbocycles. The lowest BCUT2D eigenvalue weighted by molar-refractivity contribution is -0.137. The minimum Gasteiger partial charge on any atom is -0.480 e. The summed E-state index contributed by atoms with van der Waals surface area (Å²) in [5.74, 6) is -0.220. The van der Waals surface area contributed by atoms with Crippen molar-refractivity contribution in [3.63, 3.8) is 0 Å². The van der Waals surface area contributed by atoms with E-state index in [1.807, 2.05) is 0 Å². The van der Waals surface area contributed by atoms with Crippen LogP contribution in [0.3, 0.4) is 0 Å². The van der Waals surface area contributed by atoms with Crippen molar-refractivity contribution in [3.8, 4) is 0 Å². The van der Waals surface area contributed by atoms with Gasteiger partial charge in [-0.15, -0.1) is 0 Å². The maximum absolute atomic E-state index is 12.2. The van der Waals surface area contributed by atoms with Crippen molar-refractivity contribution in [2.45, 2.75) is 45.6 Å². The molecule has 0 bridgehead atoms. The van der Waals surface area contributed by atoms with Crippen LogP contribution in [-0.2, 0) is 4.79 Å². The zero-order valence-electron chi connectivity index (χ0n) is 11.6. The van der Waals surface area contributed by atoms with Crippen LogP contribution in [0, 0.1) is 5.92 Å². The van der Waals surface area contributed by atoms with Gasteiger partial charge in [0.15, 0.2) is 0 Å². The first kappa shape index (κ1) is 14.8. The molecule has 1 fully saturated rings. The van der Waals surface area contributed by atoms with E-state index in [9.17, 15) is 9.59 Å². The maximum atomic E-state index is 12.2. The zero-order chi connectivity index (χ0) is 13.7. The number of nitrogens with zero attached hydrogens (tertiary/aromatic N) is 2. The van der Waals surface area contributed by atoms with Gasteiger partial charge in [0.1, 0.15) is 6.54 Å². The molecule has 0 unspecified atom stereocenters. The minimum atomic E-state index is -0.962. The summed E-state index contributed by atoms with van der Waals surface area (Å²) in [6, 6.07) is 0.0935. The third-order valence-electron chi connectivity index (χ3n) is 3.81. The Kier molecular flexibility index (Phi) is 5.44. The van der Waals surface area contributed by atoms with Crippen molar-refractivity contribution < 1.29 is 14.7 Å². The van der Waals surface area contributed by atoms with Crippen LogP contribution in [0.5, 0.6) is 0 Å². The van der Waals surface area contributed by atoms with Gasteiger partial charge in [-0.25, -0.2) is 4.79 Å². The van der Waals surface area contributed by atoms with Gasteiger partial charge in [0, 0.05) is 19.6 Å². The summed E-state index contributed by atoms with van der Waals surface area (Å²) in [5.41, 5.74) is 0. The normalized spacial score (nSPS) is 23.5. The molecule has 0 aromatic rings. The summed E-state index contributed by atoms with van der Waals surface area (Å²) in [6.45, 7) is 4.25. The van der Waals surface area contributed by atoms with E-state index in [1.54, 1.807) is 18.9 Å². The number of rotatable bonds is 4. The van der Waals surface area contributed by atoms with Crippen molar-refractivity contribution >= 4 is 12.0 Å². The van der Waals surface area contributed by atoms with Crippen LogP contribution in [0.15, 0.2) is 0 Å². The van der Waals surface area contributed by atoms with Gasteiger partial charge < -0.3 is 14.9 Å². The SMILES string of the molecule is CCN(CC(=O)O)C(=O)N(C)C1CCC(C)CC1. The molecule has 1 saturated carbocycles. The highest BCUT2D eigenvalue weighted by Crippen LogP contribution is 2.26. The lowest BCUT2D eigenvalue weighted by atomic mass is 9.87. The summed E-state index contributed by atoms with van der Waals surface area (Å²) < 4.78 is 0. The molecule has 104 valence electrons. The van der Waals surface area contributed by atoms with E-state index in [-0.39, 0.29) is 18.6 Å². The monoisotopic (exact) mass is 256 g/mol. The van der Waals surface area contributed by atoms with Crippen LogP contribution in [-0.4, -0.2) is 53.1 Å². The van der Waals surface area contributed by atoms with Gasteiger partial charge in [0.25, 0.3) is 0 Å². The summed E-state index contributed by atoms with van der Waals surface area (Å²) in [6.07, 6.45) is 4.34. The van der Waals surface area contributed by atoms with E-state index in [1.165, 1.54) is 4.90 Å². The molecule has 0 atom stereocenters. The van der Waals surface area contributed by atoms with E-state index in [0.717, 1.165) is 31.6 Å². The van der Waals surface area contributed by atoms with E-state index in [2.05, 4.69) is 6.92 Å². The van der Waals surface area contributed by atoms with Crippen molar-refractivity contribution in [1.82, 2.24) is 9.80 Å². The third kappa shape index (κ3) is 3.89. The highest BCUT2D eigenvalue weighted by molar-refractivity contribution is 5.80. The van der Waals surface area contributed by atoms with Crippen LogP contribution >= 0.6 is 0 Å². The summed E-state index contributed by atoms with van der Waals surface area (Å²) in [7, 11) is 1.79. The van der Waals surface area contributed by atoms with Crippen LogP contribution in [0.4, 0.5) is 4.79 Å². The number of carboxylic acids is 1. The van der Waals surface area contributed by atoms with Gasteiger partial charge >= 0.3 is 12.0 Å². The molecule has 5 nitrogen and oxygen atoms in total. The van der Waals surface area contributed by atoms with Crippen LogP contribution in [0.25, 0.3) is 0 Å². The quantitative estimate of drug-likeness (QED) is 0.837. The predicted molar refractivity (Wildman–Crippen MR) is 69.5 cm³/mol. The number of likely N-dealkylation sites (N-methyl/N-ethyl adjacent to an activating group) is 1. The average molecular weight is 256 g/mol. The van der Waals surface area contributed by atoms with Gasteiger partial charge in [-0.3, -0.25) is 4.79 Å². The molecule has 1 rings (SSSR count). The van der Waals surface area contributed by atoms with Gasteiger partial charge in [-0.2, -0.15) is 0 Å². The second-order valence-electron chi connectivity index (χ2n) is 5.22. The average Bonchev–Trinajstić information content (AvgIpc) is 2.35. The fourth-order valence-electron chi connectivity index (χ4n) is 2.49. The maximum Gasteiger partial charge on any atom is 0.323 e. The Balaban J connectivity index is 2.56. The molecular weight excluding hydrogens is 232 g/mol. The standard InChI is InChI=1S/C13H24N2O3/c1-4-15(9-12(16)17)13(18)14(3)11-7-5-10(2)6-8-11/h10-11H,4-9H2,1-3H3,(H,16,17). The molecule has 1 N–H and O–H groups in total. The van der Waals surface area contributed by atoms with E-state index in [4.69, 9.17) is 5.11 Å². The van der Waals surface area contributed by atoms with E-state index >= 15 is 0 Å². The molecule has 0 aromatic heterocycles. The summed E-state index contributed by atoms with van der Waals surface area (Å²) >= 11 is 0. The van der Waals surface area contributed by atoms with Crippen molar-refractivity contribution in [3.05, 3.63) is 0 Å². The first-order chi connectivity index (χ1) is 8.45. The molecule has 0 aromatic carbocycles. The fraction of sp³-hybridized carbons (Fsp3) is 0.846. The van der Waals surface area contributed by atoms with Crippen LogP contribution in [0.2, 0.25) is 0 Å². The predicted octanol–water partition coefficient (Wildman–Crippen LogP) is 2.02.